The third-order valence-electron chi connectivity index (χ3n) is 4.88. The fraction of sp³-hybridized carbons (Fsp3) is 0.280. The molecule has 0 saturated carbocycles. The van der Waals surface area contributed by atoms with Crippen molar-refractivity contribution < 1.29 is 9.18 Å². The Kier molecular flexibility index (Phi) is 8.55. The van der Waals surface area contributed by atoms with Crippen molar-refractivity contribution in [3.8, 4) is 0 Å². The molecule has 1 heterocycles. The number of aryl methyl sites for hydroxylation is 1. The van der Waals surface area contributed by atoms with Crippen LogP contribution in [0.25, 0.3) is 0 Å². The van der Waals surface area contributed by atoms with E-state index in [1.54, 1.807) is 13.0 Å². The van der Waals surface area contributed by atoms with Crippen LogP contribution in [0.15, 0.2) is 83.2 Å². The zero-order valence-corrected chi connectivity index (χ0v) is 18.9. The van der Waals surface area contributed by atoms with Crippen molar-refractivity contribution in [3.63, 3.8) is 0 Å². The maximum atomic E-state index is 13.3. The lowest BCUT2D eigenvalue weighted by Gasteiger charge is -2.26. The number of hydrogen-bond acceptors (Lipinski definition) is 4. The molecule has 3 rings (SSSR count). The van der Waals surface area contributed by atoms with Crippen molar-refractivity contribution in [3.05, 3.63) is 89.2 Å². The zero-order valence-electron chi connectivity index (χ0n) is 18.9. The van der Waals surface area contributed by atoms with Gasteiger partial charge in [-0.3, -0.25) is 4.79 Å². The van der Waals surface area contributed by atoms with Gasteiger partial charge in [0, 0.05) is 17.5 Å². The Hall–Kier alpha value is -3.41. The van der Waals surface area contributed by atoms with Crippen molar-refractivity contribution in [2.75, 3.05) is 11.9 Å². The second-order valence-electron chi connectivity index (χ2n) is 7.00. The number of nitrogens with one attached hydrogen (secondary N) is 2. The van der Waals surface area contributed by atoms with Gasteiger partial charge in [0.15, 0.2) is 0 Å². The fourth-order valence-corrected chi connectivity index (χ4v) is 3.04. The molecule has 5 nitrogen and oxygen atoms in total. The molecule has 1 aromatic rings. The summed E-state index contributed by atoms with van der Waals surface area (Å²) in [6.45, 7) is 14.3. The van der Waals surface area contributed by atoms with Crippen molar-refractivity contribution in [1.29, 1.82) is 0 Å². The summed E-state index contributed by atoms with van der Waals surface area (Å²) in [6, 6.07) is 6.06. The molecular formula is C25H31FN4O. The second kappa shape index (κ2) is 11.1. The van der Waals surface area contributed by atoms with E-state index in [2.05, 4.69) is 42.2 Å². The van der Waals surface area contributed by atoms with E-state index < -0.39 is 0 Å². The van der Waals surface area contributed by atoms with E-state index in [0.29, 0.717) is 30.2 Å². The van der Waals surface area contributed by atoms with Crippen LogP contribution in [0.3, 0.4) is 0 Å². The van der Waals surface area contributed by atoms with E-state index in [9.17, 15) is 9.18 Å². The van der Waals surface area contributed by atoms with Gasteiger partial charge in [-0.25, -0.2) is 4.39 Å². The Balaban J connectivity index is 0.00000166. The number of amides is 1. The first-order valence-corrected chi connectivity index (χ1v) is 10.5. The quantitative estimate of drug-likeness (QED) is 0.604. The van der Waals surface area contributed by atoms with Gasteiger partial charge in [0.1, 0.15) is 11.6 Å². The molecule has 1 aliphatic heterocycles. The molecular weight excluding hydrogens is 391 g/mol. The van der Waals surface area contributed by atoms with E-state index in [4.69, 9.17) is 0 Å². The molecule has 1 aromatic carbocycles. The van der Waals surface area contributed by atoms with Crippen molar-refractivity contribution in [2.45, 2.75) is 41.0 Å². The molecule has 6 heteroatoms. The van der Waals surface area contributed by atoms with Crippen molar-refractivity contribution in [1.82, 2.24) is 10.3 Å². The third kappa shape index (κ3) is 6.28. The molecule has 0 bridgehead atoms. The van der Waals surface area contributed by atoms with Gasteiger partial charge in [-0.15, -0.1) is 0 Å². The number of halogens is 1. The number of allylic oxidation sites excluding steroid dienone is 6. The zero-order chi connectivity index (χ0) is 23.0. The summed E-state index contributed by atoms with van der Waals surface area (Å²) < 4.78 is 13.3. The molecule has 164 valence electrons. The summed E-state index contributed by atoms with van der Waals surface area (Å²) in [6.07, 6.45) is 8.37. The molecule has 31 heavy (non-hydrogen) atoms. The fourth-order valence-electron chi connectivity index (χ4n) is 3.04. The van der Waals surface area contributed by atoms with E-state index in [1.807, 2.05) is 32.1 Å². The molecule has 0 fully saturated rings. The standard InChI is InChI=1S/C23H25FN4O.C2H6/c1-15-7-5-10-22(16(15)2)25-14-21-13-23(29)28(18(4)26-21)27-17(3)19-8-6-9-20(24)12-11-19;1-2/h5,7-13,25-26H,4,6,14H2,1-3H3;1-2H3/b27-17+;. The van der Waals surface area contributed by atoms with E-state index in [0.717, 1.165) is 11.3 Å². The molecule has 2 aliphatic rings. The van der Waals surface area contributed by atoms with Crippen LogP contribution in [-0.2, 0) is 4.79 Å². The lowest BCUT2D eigenvalue weighted by Crippen LogP contribution is -2.38. The number of carbonyl (C=O) groups is 1. The van der Waals surface area contributed by atoms with Crippen LogP contribution in [-0.4, -0.2) is 23.2 Å². The SMILES string of the molecule is C=C1NC(CNc2cccc(C)c2C)=CC(=O)N1/N=C(\C)C1=CCC=C(F)C=C1.CC. The Bertz CT molecular complexity index is 999. The van der Waals surface area contributed by atoms with Gasteiger partial charge in [0.05, 0.1) is 12.3 Å². The number of hydrogen-bond donors (Lipinski definition) is 2. The van der Waals surface area contributed by atoms with Crippen LogP contribution in [0.5, 0.6) is 0 Å². The number of nitrogens with zero attached hydrogens (tertiary/aromatic N) is 2. The van der Waals surface area contributed by atoms with Crippen molar-refractivity contribution >= 4 is 17.3 Å². The minimum absolute atomic E-state index is 0.284. The van der Waals surface area contributed by atoms with Crippen LogP contribution in [0.2, 0.25) is 0 Å². The van der Waals surface area contributed by atoms with Gasteiger partial charge in [-0.2, -0.15) is 10.1 Å². The average molecular weight is 423 g/mol. The van der Waals surface area contributed by atoms with E-state index >= 15 is 0 Å². The summed E-state index contributed by atoms with van der Waals surface area (Å²) in [4.78, 5) is 12.6. The maximum absolute atomic E-state index is 13.3. The molecule has 1 aliphatic carbocycles. The molecule has 0 aromatic heterocycles. The molecule has 0 spiro atoms. The summed E-state index contributed by atoms with van der Waals surface area (Å²) in [7, 11) is 0. The summed E-state index contributed by atoms with van der Waals surface area (Å²) in [5.74, 6) is -0.196. The normalized spacial score (nSPS) is 16.4. The first kappa shape index (κ1) is 23.9. The monoisotopic (exact) mass is 422 g/mol. The second-order valence-corrected chi connectivity index (χ2v) is 7.00. The number of anilines is 1. The first-order valence-electron chi connectivity index (χ1n) is 10.5. The summed E-state index contributed by atoms with van der Waals surface area (Å²) >= 11 is 0. The number of benzene rings is 1. The summed E-state index contributed by atoms with van der Waals surface area (Å²) in [5, 5.41) is 12.1. The minimum Gasteiger partial charge on any atom is -0.379 e. The Labute approximate surface area is 184 Å². The number of rotatable bonds is 5. The Morgan fingerprint density at radius 2 is 2.00 bits per heavy atom. The van der Waals surface area contributed by atoms with Crippen LogP contribution < -0.4 is 10.6 Å². The molecule has 0 saturated heterocycles. The minimum atomic E-state index is -0.284. The average Bonchev–Trinajstić information content (AvgIpc) is 2.97. The van der Waals surface area contributed by atoms with Gasteiger partial charge in [-0.05, 0) is 62.1 Å². The Morgan fingerprint density at radius 3 is 2.71 bits per heavy atom. The van der Waals surface area contributed by atoms with Gasteiger partial charge >= 0.3 is 0 Å². The molecule has 0 radical (unpaired) electrons. The van der Waals surface area contributed by atoms with Gasteiger partial charge in [-0.1, -0.05) is 44.7 Å². The maximum Gasteiger partial charge on any atom is 0.274 e. The molecule has 1 amide bonds. The van der Waals surface area contributed by atoms with Crippen molar-refractivity contribution in [2.24, 2.45) is 5.10 Å². The Morgan fingerprint density at radius 1 is 1.26 bits per heavy atom. The van der Waals surface area contributed by atoms with E-state index in [-0.39, 0.29) is 11.7 Å². The lowest BCUT2D eigenvalue weighted by molar-refractivity contribution is -0.125. The molecule has 0 unspecified atom stereocenters. The van der Waals surface area contributed by atoms with Gasteiger partial charge < -0.3 is 10.6 Å². The first-order chi connectivity index (χ1) is 14.8. The largest absolute Gasteiger partial charge is 0.379 e. The predicted molar refractivity (Wildman–Crippen MR) is 127 cm³/mol. The van der Waals surface area contributed by atoms with Crippen LogP contribution in [0, 0.1) is 13.8 Å². The van der Waals surface area contributed by atoms with Crippen LogP contribution in [0.1, 0.15) is 38.3 Å². The highest BCUT2D eigenvalue weighted by atomic mass is 19.1. The topological polar surface area (TPSA) is 56.7 Å². The van der Waals surface area contributed by atoms with E-state index in [1.165, 1.54) is 34.4 Å². The smallest absolute Gasteiger partial charge is 0.274 e. The third-order valence-corrected chi connectivity index (χ3v) is 4.88. The van der Waals surface area contributed by atoms with Crippen LogP contribution >= 0.6 is 0 Å². The lowest BCUT2D eigenvalue weighted by atomic mass is 10.1. The predicted octanol–water partition coefficient (Wildman–Crippen LogP) is 5.64. The van der Waals surface area contributed by atoms with Crippen LogP contribution in [0.4, 0.5) is 10.1 Å². The highest BCUT2D eigenvalue weighted by Gasteiger charge is 2.22. The summed E-state index contributed by atoms with van der Waals surface area (Å²) in [5.41, 5.74) is 5.48. The molecule has 0 atom stereocenters. The van der Waals surface area contributed by atoms with Gasteiger partial charge in [0.2, 0.25) is 0 Å². The van der Waals surface area contributed by atoms with Gasteiger partial charge in [0.25, 0.3) is 5.91 Å². The highest BCUT2D eigenvalue weighted by Crippen LogP contribution is 2.20. The highest BCUT2D eigenvalue weighted by molar-refractivity contribution is 6.02. The number of hydrazone groups is 1. The number of carbonyl (C=O) groups excluding carboxylic acids is 1. The molecule has 2 N–H and O–H groups in total.